The molecule has 0 aliphatic rings. The largest absolute Gasteiger partial charge is 0.320 e. The topological polar surface area (TPSA) is 26.0 Å². The highest BCUT2D eigenvalue weighted by molar-refractivity contribution is 14.1. The standard InChI is InChI=1S/C14H11Br3IN/c1-7-4-12(17)9(6-11(7)16)14(19)10-5-8(15)2-3-13(10)18/h2-6,14H,19H2,1H3. The van der Waals surface area contributed by atoms with Gasteiger partial charge in [-0.05, 0) is 76.5 Å². The minimum atomic E-state index is -0.157. The van der Waals surface area contributed by atoms with Gasteiger partial charge in [0.05, 0.1) is 6.04 Å². The molecule has 19 heavy (non-hydrogen) atoms. The lowest BCUT2D eigenvalue weighted by Crippen LogP contribution is -2.14. The first-order chi connectivity index (χ1) is 8.90. The zero-order valence-electron chi connectivity index (χ0n) is 10.1. The molecule has 2 aromatic rings. The zero-order valence-corrected chi connectivity index (χ0v) is 17.0. The van der Waals surface area contributed by atoms with Crippen molar-refractivity contribution in [2.45, 2.75) is 13.0 Å². The average Bonchev–Trinajstić information content (AvgIpc) is 2.36. The highest BCUT2D eigenvalue weighted by Gasteiger charge is 2.16. The molecule has 0 amide bonds. The third-order valence-corrected chi connectivity index (χ3v) is 5.92. The van der Waals surface area contributed by atoms with Crippen LogP contribution in [-0.2, 0) is 0 Å². The molecule has 1 unspecified atom stereocenters. The molecule has 0 spiro atoms. The lowest BCUT2D eigenvalue weighted by Gasteiger charge is -2.17. The van der Waals surface area contributed by atoms with Crippen LogP contribution in [0, 0.1) is 10.5 Å². The molecule has 0 fully saturated rings. The third-order valence-electron chi connectivity index (χ3n) is 2.91. The van der Waals surface area contributed by atoms with Crippen molar-refractivity contribution in [3.63, 3.8) is 0 Å². The summed E-state index contributed by atoms with van der Waals surface area (Å²) < 4.78 is 4.32. The summed E-state index contributed by atoms with van der Waals surface area (Å²) in [6.45, 7) is 2.06. The van der Waals surface area contributed by atoms with E-state index in [4.69, 9.17) is 5.73 Å². The molecule has 0 heterocycles. The van der Waals surface area contributed by atoms with Gasteiger partial charge in [-0.3, -0.25) is 0 Å². The summed E-state index contributed by atoms with van der Waals surface area (Å²) in [6, 6.07) is 10.2. The molecule has 100 valence electrons. The molecule has 0 aliphatic heterocycles. The van der Waals surface area contributed by atoms with E-state index in [1.165, 1.54) is 5.56 Å². The van der Waals surface area contributed by atoms with Crippen molar-refractivity contribution >= 4 is 70.4 Å². The smallest absolute Gasteiger partial charge is 0.0574 e. The molecular weight excluding hydrogens is 549 g/mol. The van der Waals surface area contributed by atoms with E-state index in [2.05, 4.69) is 102 Å². The number of hydrogen-bond acceptors (Lipinski definition) is 1. The summed E-state index contributed by atoms with van der Waals surface area (Å²) in [5, 5.41) is 0. The first-order valence-corrected chi connectivity index (χ1v) is 9.02. The Bertz CT molecular complexity index is 628. The predicted molar refractivity (Wildman–Crippen MR) is 99.5 cm³/mol. The van der Waals surface area contributed by atoms with Crippen LogP contribution in [-0.4, -0.2) is 0 Å². The van der Waals surface area contributed by atoms with Gasteiger partial charge in [0.2, 0.25) is 0 Å². The lowest BCUT2D eigenvalue weighted by atomic mass is 9.99. The van der Waals surface area contributed by atoms with Gasteiger partial charge in [0.15, 0.2) is 0 Å². The summed E-state index contributed by atoms with van der Waals surface area (Å²) in [7, 11) is 0. The first-order valence-electron chi connectivity index (χ1n) is 5.56. The second-order valence-electron chi connectivity index (χ2n) is 4.27. The Balaban J connectivity index is 2.52. The normalized spacial score (nSPS) is 12.5. The fourth-order valence-electron chi connectivity index (χ4n) is 1.82. The molecule has 2 N–H and O–H groups in total. The van der Waals surface area contributed by atoms with E-state index in [1.807, 2.05) is 6.07 Å². The average molecular weight is 560 g/mol. The van der Waals surface area contributed by atoms with Crippen LogP contribution in [0.5, 0.6) is 0 Å². The van der Waals surface area contributed by atoms with Crippen molar-refractivity contribution in [2.24, 2.45) is 5.73 Å². The van der Waals surface area contributed by atoms with E-state index in [9.17, 15) is 0 Å². The highest BCUT2D eigenvalue weighted by atomic mass is 127. The second kappa shape index (κ2) is 6.56. The predicted octanol–water partition coefficient (Wildman–Crippen LogP) is 5.94. The van der Waals surface area contributed by atoms with Gasteiger partial charge in [-0.2, -0.15) is 0 Å². The Morgan fingerprint density at radius 2 is 1.68 bits per heavy atom. The van der Waals surface area contributed by atoms with Crippen molar-refractivity contribution in [1.29, 1.82) is 0 Å². The van der Waals surface area contributed by atoms with E-state index >= 15 is 0 Å². The van der Waals surface area contributed by atoms with Gasteiger partial charge < -0.3 is 5.73 Å². The zero-order chi connectivity index (χ0) is 14.2. The number of aryl methyl sites for hydroxylation is 1. The molecule has 1 atom stereocenters. The van der Waals surface area contributed by atoms with Gasteiger partial charge in [0.1, 0.15) is 0 Å². The Hall–Kier alpha value is 0.570. The van der Waals surface area contributed by atoms with Crippen molar-refractivity contribution < 1.29 is 0 Å². The van der Waals surface area contributed by atoms with E-state index in [1.54, 1.807) is 0 Å². The van der Waals surface area contributed by atoms with Crippen molar-refractivity contribution in [3.8, 4) is 0 Å². The van der Waals surface area contributed by atoms with Gasteiger partial charge >= 0.3 is 0 Å². The van der Waals surface area contributed by atoms with E-state index in [0.29, 0.717) is 0 Å². The fraction of sp³-hybridized carbons (Fsp3) is 0.143. The summed E-state index contributed by atoms with van der Waals surface area (Å²) in [6.07, 6.45) is 0. The van der Waals surface area contributed by atoms with Gasteiger partial charge in [0.25, 0.3) is 0 Å². The van der Waals surface area contributed by atoms with E-state index in [-0.39, 0.29) is 6.04 Å². The van der Waals surface area contributed by atoms with Crippen molar-refractivity contribution in [3.05, 3.63) is 64.0 Å². The number of benzene rings is 2. The molecule has 0 aliphatic carbocycles. The Morgan fingerprint density at radius 1 is 1.00 bits per heavy atom. The Labute approximate surface area is 151 Å². The number of rotatable bonds is 2. The Kier molecular flexibility index (Phi) is 5.50. The Morgan fingerprint density at radius 3 is 2.37 bits per heavy atom. The van der Waals surface area contributed by atoms with E-state index in [0.717, 1.165) is 28.1 Å². The maximum absolute atomic E-state index is 6.43. The summed E-state index contributed by atoms with van der Waals surface area (Å²) in [4.78, 5) is 0. The number of halogens is 4. The maximum Gasteiger partial charge on any atom is 0.0574 e. The summed E-state index contributed by atoms with van der Waals surface area (Å²) in [5.74, 6) is 0. The molecule has 0 saturated carbocycles. The highest BCUT2D eigenvalue weighted by Crippen LogP contribution is 2.34. The lowest BCUT2D eigenvalue weighted by molar-refractivity contribution is 0.857. The quantitative estimate of drug-likeness (QED) is 0.453. The number of hydrogen-bond donors (Lipinski definition) is 1. The minimum Gasteiger partial charge on any atom is -0.320 e. The molecule has 2 rings (SSSR count). The molecule has 5 heteroatoms. The van der Waals surface area contributed by atoms with Crippen LogP contribution in [0.1, 0.15) is 22.7 Å². The van der Waals surface area contributed by atoms with Gasteiger partial charge in [-0.15, -0.1) is 0 Å². The van der Waals surface area contributed by atoms with Crippen LogP contribution in [0.25, 0.3) is 0 Å². The molecule has 0 radical (unpaired) electrons. The van der Waals surface area contributed by atoms with Gasteiger partial charge in [0, 0.05) is 17.0 Å². The molecule has 0 aromatic heterocycles. The first kappa shape index (κ1) is 15.9. The summed E-state index contributed by atoms with van der Waals surface area (Å²) in [5.41, 5.74) is 9.81. The summed E-state index contributed by atoms with van der Waals surface area (Å²) >= 11 is 13.0. The third kappa shape index (κ3) is 3.61. The molecule has 1 nitrogen and oxygen atoms in total. The molecular formula is C14H11Br3IN. The molecule has 0 saturated heterocycles. The maximum atomic E-state index is 6.43. The van der Waals surface area contributed by atoms with Crippen LogP contribution in [0.2, 0.25) is 0 Å². The van der Waals surface area contributed by atoms with Gasteiger partial charge in [-0.1, -0.05) is 47.8 Å². The van der Waals surface area contributed by atoms with Crippen LogP contribution < -0.4 is 5.73 Å². The van der Waals surface area contributed by atoms with Crippen LogP contribution >= 0.6 is 70.4 Å². The fourth-order valence-corrected chi connectivity index (χ4v) is 3.94. The minimum absolute atomic E-state index is 0.157. The SMILES string of the molecule is Cc1cc(Br)c(C(N)c2cc(Br)ccc2I)cc1Br. The molecule has 2 aromatic carbocycles. The second-order valence-corrected chi connectivity index (χ2v) is 8.05. The monoisotopic (exact) mass is 557 g/mol. The molecule has 0 bridgehead atoms. The van der Waals surface area contributed by atoms with Crippen molar-refractivity contribution in [2.75, 3.05) is 0 Å². The number of nitrogens with two attached hydrogens (primary N) is 1. The van der Waals surface area contributed by atoms with E-state index < -0.39 is 0 Å². The van der Waals surface area contributed by atoms with Crippen LogP contribution in [0.15, 0.2) is 43.7 Å². The van der Waals surface area contributed by atoms with Gasteiger partial charge in [-0.25, -0.2) is 0 Å². The van der Waals surface area contributed by atoms with Crippen molar-refractivity contribution in [1.82, 2.24) is 0 Å². The van der Waals surface area contributed by atoms with Crippen LogP contribution in [0.4, 0.5) is 0 Å². The van der Waals surface area contributed by atoms with Crippen LogP contribution in [0.3, 0.4) is 0 Å².